The van der Waals surface area contributed by atoms with E-state index in [1.54, 1.807) is 11.3 Å². The second kappa shape index (κ2) is 6.49. The van der Waals surface area contributed by atoms with Crippen LogP contribution in [-0.4, -0.2) is 46.5 Å². The summed E-state index contributed by atoms with van der Waals surface area (Å²) in [6.07, 6.45) is 3.64. The molecule has 2 saturated heterocycles. The Kier molecular flexibility index (Phi) is 4.20. The lowest BCUT2D eigenvalue weighted by Crippen LogP contribution is -2.54. The number of nitrogens with one attached hydrogen (secondary N) is 1. The van der Waals surface area contributed by atoms with Crippen LogP contribution in [0.5, 0.6) is 0 Å². The fraction of sp³-hybridized carbons (Fsp3) is 0.471. The molecule has 3 amide bonds. The number of thiazole rings is 1. The number of amides is 3. The highest BCUT2D eigenvalue weighted by Crippen LogP contribution is 2.35. The van der Waals surface area contributed by atoms with Crippen LogP contribution < -0.4 is 5.32 Å². The number of imide groups is 1. The van der Waals surface area contributed by atoms with Crippen molar-refractivity contribution >= 4 is 33.5 Å². The Morgan fingerprint density at radius 3 is 2.96 bits per heavy atom. The predicted molar refractivity (Wildman–Crippen MR) is 92.6 cm³/mol. The number of hydrogen-bond acceptors (Lipinski definition) is 5. The van der Waals surface area contributed by atoms with Gasteiger partial charge >= 0.3 is 6.03 Å². The number of aromatic nitrogens is 1. The van der Waals surface area contributed by atoms with Gasteiger partial charge in [0, 0.05) is 19.5 Å². The molecule has 2 aromatic rings. The summed E-state index contributed by atoms with van der Waals surface area (Å²) in [7, 11) is 0. The highest BCUT2D eigenvalue weighted by Gasteiger charge is 2.33. The van der Waals surface area contributed by atoms with Crippen LogP contribution in [-0.2, 0) is 4.79 Å². The molecule has 0 aliphatic carbocycles. The average molecular weight is 344 g/mol. The Balaban J connectivity index is 1.58. The Hall–Kier alpha value is -1.99. The molecule has 1 aromatic heterocycles. The number of benzene rings is 1. The molecule has 24 heavy (non-hydrogen) atoms. The van der Waals surface area contributed by atoms with Gasteiger partial charge in [0.2, 0.25) is 5.91 Å². The van der Waals surface area contributed by atoms with Crippen molar-refractivity contribution in [2.24, 2.45) is 0 Å². The van der Waals surface area contributed by atoms with E-state index in [1.165, 1.54) is 9.60 Å². The number of hydrogen-bond donors (Lipinski definition) is 1. The summed E-state index contributed by atoms with van der Waals surface area (Å²) < 4.78 is 1.19. The van der Waals surface area contributed by atoms with E-state index >= 15 is 0 Å². The molecule has 1 aromatic carbocycles. The summed E-state index contributed by atoms with van der Waals surface area (Å²) >= 11 is 1.71. The van der Waals surface area contributed by atoms with Crippen molar-refractivity contribution in [3.8, 4) is 0 Å². The second-order valence-corrected chi connectivity index (χ2v) is 7.35. The lowest BCUT2D eigenvalue weighted by molar-refractivity contribution is -0.131. The van der Waals surface area contributed by atoms with Crippen LogP contribution in [0.25, 0.3) is 10.2 Å². The van der Waals surface area contributed by atoms with Crippen molar-refractivity contribution in [1.29, 1.82) is 0 Å². The molecule has 2 fully saturated rings. The van der Waals surface area contributed by atoms with Gasteiger partial charge in [-0.15, -0.1) is 11.3 Å². The zero-order chi connectivity index (χ0) is 16.5. The molecule has 1 atom stereocenters. The monoisotopic (exact) mass is 344 g/mol. The molecule has 126 valence electrons. The first kappa shape index (κ1) is 15.5. The molecule has 6 nitrogen and oxygen atoms in total. The highest BCUT2D eigenvalue weighted by atomic mass is 32.1. The number of carbonyl (C=O) groups is 2. The fourth-order valence-corrected chi connectivity index (χ4v) is 4.55. The maximum absolute atomic E-state index is 12.1. The third-order valence-electron chi connectivity index (χ3n) is 4.69. The van der Waals surface area contributed by atoms with E-state index in [4.69, 9.17) is 4.98 Å². The Bertz CT molecular complexity index is 726. The second-order valence-electron chi connectivity index (χ2n) is 6.29. The Morgan fingerprint density at radius 2 is 2.12 bits per heavy atom. The van der Waals surface area contributed by atoms with Gasteiger partial charge in [0.25, 0.3) is 0 Å². The number of fused-ring (bicyclic) bond motifs is 1. The minimum atomic E-state index is -0.278. The van der Waals surface area contributed by atoms with E-state index < -0.39 is 0 Å². The summed E-state index contributed by atoms with van der Waals surface area (Å²) in [5, 5.41) is 3.84. The molecule has 7 heteroatoms. The van der Waals surface area contributed by atoms with Crippen LogP contribution in [0.2, 0.25) is 0 Å². The molecule has 0 spiro atoms. The Morgan fingerprint density at radius 1 is 1.25 bits per heavy atom. The third-order valence-corrected chi connectivity index (χ3v) is 5.83. The van der Waals surface area contributed by atoms with Crippen LogP contribution in [0.4, 0.5) is 4.79 Å². The van der Waals surface area contributed by atoms with Crippen molar-refractivity contribution in [2.75, 3.05) is 19.8 Å². The van der Waals surface area contributed by atoms with Gasteiger partial charge in [-0.2, -0.15) is 0 Å². The van der Waals surface area contributed by atoms with E-state index in [1.807, 2.05) is 18.2 Å². The van der Waals surface area contributed by atoms with Crippen LogP contribution in [0.1, 0.15) is 36.7 Å². The molecule has 0 unspecified atom stereocenters. The highest BCUT2D eigenvalue weighted by molar-refractivity contribution is 7.18. The number of urea groups is 1. The normalized spacial score (nSPS) is 22.8. The predicted octanol–water partition coefficient (Wildman–Crippen LogP) is 2.72. The lowest BCUT2D eigenvalue weighted by atomic mass is 10.0. The minimum Gasteiger partial charge on any atom is -0.337 e. The van der Waals surface area contributed by atoms with Crippen LogP contribution in [0, 0.1) is 0 Å². The van der Waals surface area contributed by atoms with Gasteiger partial charge in [-0.05, 0) is 25.0 Å². The van der Waals surface area contributed by atoms with E-state index in [-0.39, 0.29) is 18.0 Å². The molecule has 1 N–H and O–H groups in total. The smallest absolute Gasteiger partial charge is 0.325 e. The number of nitrogens with zero attached hydrogens (tertiary/aromatic N) is 3. The van der Waals surface area contributed by atoms with Crippen molar-refractivity contribution < 1.29 is 9.59 Å². The van der Waals surface area contributed by atoms with Crippen molar-refractivity contribution in [3.63, 3.8) is 0 Å². The quantitative estimate of drug-likeness (QED) is 0.930. The number of likely N-dealkylation sites (tertiary alicyclic amines) is 1. The SMILES string of the molecule is O=C1CCNC(=O)N1CN1CCCC[C@H]1c1nc2ccccc2s1. The van der Waals surface area contributed by atoms with Gasteiger partial charge in [0.05, 0.1) is 22.9 Å². The molecular formula is C17H20N4O2S. The first-order valence-corrected chi connectivity index (χ1v) is 9.22. The van der Waals surface area contributed by atoms with Gasteiger partial charge in [-0.25, -0.2) is 9.78 Å². The summed E-state index contributed by atoms with van der Waals surface area (Å²) in [6.45, 7) is 1.68. The molecule has 2 aliphatic rings. The molecular weight excluding hydrogens is 324 g/mol. The molecule has 0 bridgehead atoms. The summed E-state index contributed by atoms with van der Waals surface area (Å²) in [6, 6.07) is 8.05. The van der Waals surface area contributed by atoms with Gasteiger partial charge in [-0.3, -0.25) is 14.6 Å². The Labute approximate surface area is 144 Å². The maximum atomic E-state index is 12.1. The fourth-order valence-electron chi connectivity index (χ4n) is 3.42. The number of carbonyl (C=O) groups excluding carboxylic acids is 2. The molecule has 2 aliphatic heterocycles. The molecule has 0 radical (unpaired) electrons. The summed E-state index contributed by atoms with van der Waals surface area (Å²) in [5.41, 5.74) is 1.02. The largest absolute Gasteiger partial charge is 0.337 e. The van der Waals surface area contributed by atoms with Crippen molar-refractivity contribution in [3.05, 3.63) is 29.3 Å². The van der Waals surface area contributed by atoms with E-state index in [2.05, 4.69) is 16.3 Å². The van der Waals surface area contributed by atoms with E-state index in [9.17, 15) is 9.59 Å². The van der Waals surface area contributed by atoms with E-state index in [0.717, 1.165) is 36.3 Å². The van der Waals surface area contributed by atoms with Crippen LogP contribution in [0.3, 0.4) is 0 Å². The van der Waals surface area contributed by atoms with Gasteiger partial charge in [0.1, 0.15) is 5.01 Å². The average Bonchev–Trinajstić information content (AvgIpc) is 3.02. The minimum absolute atomic E-state index is 0.0904. The first-order valence-electron chi connectivity index (χ1n) is 8.40. The standard InChI is InChI=1S/C17H20N4O2S/c22-15-8-9-18-17(23)21(15)11-20-10-4-3-6-13(20)16-19-12-5-1-2-7-14(12)24-16/h1-2,5,7,13H,3-4,6,8-11H2,(H,18,23)/t13-/m0/s1. The zero-order valence-electron chi connectivity index (χ0n) is 13.4. The topological polar surface area (TPSA) is 65.5 Å². The molecule has 4 rings (SSSR count). The third kappa shape index (κ3) is 2.89. The van der Waals surface area contributed by atoms with Gasteiger partial charge < -0.3 is 5.32 Å². The van der Waals surface area contributed by atoms with Crippen molar-refractivity contribution in [2.45, 2.75) is 31.7 Å². The lowest BCUT2D eigenvalue weighted by Gasteiger charge is -2.38. The maximum Gasteiger partial charge on any atom is 0.325 e. The number of rotatable bonds is 3. The van der Waals surface area contributed by atoms with Crippen LogP contribution >= 0.6 is 11.3 Å². The molecule has 0 saturated carbocycles. The summed E-state index contributed by atoms with van der Waals surface area (Å²) in [4.78, 5) is 32.5. The van der Waals surface area contributed by atoms with Crippen LogP contribution in [0.15, 0.2) is 24.3 Å². The van der Waals surface area contributed by atoms with Gasteiger partial charge in [0.15, 0.2) is 0 Å². The van der Waals surface area contributed by atoms with Gasteiger partial charge in [-0.1, -0.05) is 18.6 Å². The molecule has 3 heterocycles. The summed E-state index contributed by atoms with van der Waals surface area (Å²) in [5.74, 6) is -0.0904. The zero-order valence-corrected chi connectivity index (χ0v) is 14.2. The number of para-hydroxylation sites is 1. The van der Waals surface area contributed by atoms with Crippen molar-refractivity contribution in [1.82, 2.24) is 20.1 Å². The number of piperidine rings is 1. The van der Waals surface area contributed by atoms with E-state index in [0.29, 0.717) is 19.6 Å². The first-order chi connectivity index (χ1) is 11.7.